The molecule has 166 valence electrons. The molecule has 2 aromatic rings. The Hall–Kier alpha value is -2.10. The molecule has 0 spiro atoms. The zero-order valence-corrected chi connectivity index (χ0v) is 20.7. The van der Waals surface area contributed by atoms with Gasteiger partial charge in [0.25, 0.3) is 0 Å². The Morgan fingerprint density at radius 2 is 1.87 bits per heavy atom. The third-order valence-electron chi connectivity index (χ3n) is 4.67. The van der Waals surface area contributed by atoms with Gasteiger partial charge in [-0.3, -0.25) is 4.79 Å². The maximum Gasteiger partial charge on any atom is 0.224 e. The van der Waals surface area contributed by atoms with Crippen molar-refractivity contribution >= 4 is 35.8 Å². The largest absolute Gasteiger partial charge is 0.361 e. The number of guanidine groups is 1. The Kier molecular flexibility index (Phi) is 12.1. The highest BCUT2D eigenvalue weighted by atomic mass is 127. The summed E-state index contributed by atoms with van der Waals surface area (Å²) < 4.78 is 5.41. The predicted octanol–water partition coefficient (Wildman–Crippen LogP) is 3.52. The van der Waals surface area contributed by atoms with E-state index in [1.807, 2.05) is 51.2 Å². The standard InChI is InChI=1S/C22H33N5O2.HI/c1-5-19-18(20(6-2)29-26-19)15-25-22(23-7-3)24-14-13-21(28)27(4)16-17-11-9-8-10-12-17;/h8-12H,5-7,13-16H2,1-4H3,(H2,23,24,25);1H. The molecule has 30 heavy (non-hydrogen) atoms. The van der Waals surface area contributed by atoms with Crippen LogP contribution in [0.5, 0.6) is 0 Å². The second-order valence-electron chi connectivity index (χ2n) is 6.85. The molecule has 1 aromatic heterocycles. The molecule has 7 nitrogen and oxygen atoms in total. The van der Waals surface area contributed by atoms with Crippen LogP contribution in [0, 0.1) is 0 Å². The van der Waals surface area contributed by atoms with Crippen molar-refractivity contribution in [2.24, 2.45) is 4.99 Å². The maximum atomic E-state index is 12.4. The molecule has 0 radical (unpaired) electrons. The number of nitrogens with zero attached hydrogens (tertiary/aromatic N) is 3. The molecule has 0 unspecified atom stereocenters. The Labute approximate surface area is 196 Å². The van der Waals surface area contributed by atoms with Gasteiger partial charge in [0.15, 0.2) is 5.96 Å². The molecule has 1 amide bonds. The topological polar surface area (TPSA) is 82.8 Å². The summed E-state index contributed by atoms with van der Waals surface area (Å²) in [4.78, 5) is 18.8. The summed E-state index contributed by atoms with van der Waals surface area (Å²) in [6.07, 6.45) is 2.02. The Bertz CT molecular complexity index is 771. The van der Waals surface area contributed by atoms with E-state index in [4.69, 9.17) is 4.52 Å². The van der Waals surface area contributed by atoms with E-state index in [0.717, 1.165) is 42.0 Å². The first-order valence-corrected chi connectivity index (χ1v) is 10.3. The van der Waals surface area contributed by atoms with E-state index >= 15 is 0 Å². The number of aryl methyl sites for hydroxylation is 2. The van der Waals surface area contributed by atoms with Crippen molar-refractivity contribution in [2.45, 2.75) is 53.1 Å². The van der Waals surface area contributed by atoms with Crippen molar-refractivity contribution in [2.75, 3.05) is 20.1 Å². The number of carbonyl (C=O) groups excluding carboxylic acids is 1. The average Bonchev–Trinajstić information content (AvgIpc) is 3.14. The summed E-state index contributed by atoms with van der Waals surface area (Å²) in [5.41, 5.74) is 3.14. The van der Waals surface area contributed by atoms with E-state index in [-0.39, 0.29) is 29.9 Å². The van der Waals surface area contributed by atoms with Crippen LogP contribution in [0.3, 0.4) is 0 Å². The molecular formula is C22H34IN5O2. The normalized spacial score (nSPS) is 11.0. The predicted molar refractivity (Wildman–Crippen MR) is 131 cm³/mol. The van der Waals surface area contributed by atoms with Gasteiger partial charge in [-0.15, -0.1) is 24.0 Å². The lowest BCUT2D eigenvalue weighted by Gasteiger charge is -2.18. The number of hydrogen-bond acceptors (Lipinski definition) is 4. The van der Waals surface area contributed by atoms with E-state index in [2.05, 4.69) is 27.7 Å². The van der Waals surface area contributed by atoms with Gasteiger partial charge in [-0.2, -0.15) is 0 Å². The molecule has 1 aromatic carbocycles. The Morgan fingerprint density at radius 3 is 2.50 bits per heavy atom. The summed E-state index contributed by atoms with van der Waals surface area (Å²) in [5, 5.41) is 10.6. The zero-order valence-electron chi connectivity index (χ0n) is 18.4. The molecule has 0 saturated carbocycles. The second kappa shape index (κ2) is 14.0. The van der Waals surface area contributed by atoms with Crippen LogP contribution in [0.4, 0.5) is 0 Å². The minimum Gasteiger partial charge on any atom is -0.361 e. The van der Waals surface area contributed by atoms with Crippen LogP contribution in [0.25, 0.3) is 0 Å². The molecular weight excluding hydrogens is 493 g/mol. The Morgan fingerprint density at radius 1 is 1.13 bits per heavy atom. The average molecular weight is 527 g/mol. The fourth-order valence-electron chi connectivity index (χ4n) is 3.04. The molecule has 2 rings (SSSR count). The molecule has 0 atom stereocenters. The monoisotopic (exact) mass is 527 g/mol. The molecule has 0 bridgehead atoms. The van der Waals surface area contributed by atoms with Crippen LogP contribution < -0.4 is 10.6 Å². The molecule has 0 saturated heterocycles. The number of nitrogens with one attached hydrogen (secondary N) is 2. The third-order valence-corrected chi connectivity index (χ3v) is 4.67. The fourth-order valence-corrected chi connectivity index (χ4v) is 3.04. The number of rotatable bonds is 10. The highest BCUT2D eigenvalue weighted by Gasteiger charge is 2.13. The van der Waals surface area contributed by atoms with Gasteiger partial charge >= 0.3 is 0 Å². The molecule has 1 heterocycles. The van der Waals surface area contributed by atoms with Crippen LogP contribution in [0.15, 0.2) is 39.8 Å². The highest BCUT2D eigenvalue weighted by Crippen LogP contribution is 2.16. The first-order valence-electron chi connectivity index (χ1n) is 10.3. The van der Waals surface area contributed by atoms with Gasteiger partial charge < -0.3 is 20.1 Å². The van der Waals surface area contributed by atoms with Crippen molar-refractivity contribution in [3.63, 3.8) is 0 Å². The van der Waals surface area contributed by atoms with Crippen LogP contribution in [-0.2, 0) is 30.7 Å². The number of aliphatic imine (C=N–C) groups is 1. The minimum absolute atomic E-state index is 0. The van der Waals surface area contributed by atoms with E-state index < -0.39 is 0 Å². The van der Waals surface area contributed by atoms with Gasteiger partial charge in [-0.25, -0.2) is 4.99 Å². The van der Waals surface area contributed by atoms with E-state index in [1.165, 1.54) is 0 Å². The zero-order chi connectivity index (χ0) is 21.1. The van der Waals surface area contributed by atoms with E-state index in [0.29, 0.717) is 32.0 Å². The summed E-state index contributed by atoms with van der Waals surface area (Å²) >= 11 is 0. The lowest BCUT2D eigenvalue weighted by Crippen LogP contribution is -2.39. The van der Waals surface area contributed by atoms with Gasteiger partial charge in [-0.1, -0.05) is 49.3 Å². The van der Waals surface area contributed by atoms with Crippen LogP contribution in [0.2, 0.25) is 0 Å². The lowest BCUT2D eigenvalue weighted by atomic mass is 10.1. The quantitative estimate of drug-likeness (QED) is 0.281. The number of aromatic nitrogens is 1. The number of hydrogen-bond donors (Lipinski definition) is 2. The van der Waals surface area contributed by atoms with Crippen molar-refractivity contribution in [1.29, 1.82) is 0 Å². The number of amides is 1. The Balaban J connectivity index is 0.00000450. The number of benzene rings is 1. The van der Waals surface area contributed by atoms with Gasteiger partial charge in [0.05, 0.1) is 12.2 Å². The van der Waals surface area contributed by atoms with Crippen LogP contribution >= 0.6 is 24.0 Å². The highest BCUT2D eigenvalue weighted by molar-refractivity contribution is 14.0. The van der Waals surface area contributed by atoms with E-state index in [1.54, 1.807) is 4.90 Å². The van der Waals surface area contributed by atoms with E-state index in [9.17, 15) is 4.79 Å². The first-order chi connectivity index (χ1) is 14.1. The molecule has 2 N–H and O–H groups in total. The lowest BCUT2D eigenvalue weighted by molar-refractivity contribution is -0.130. The molecule has 8 heteroatoms. The fraction of sp³-hybridized carbons (Fsp3) is 0.500. The summed E-state index contributed by atoms with van der Waals surface area (Å²) in [6.45, 7) is 8.52. The summed E-state index contributed by atoms with van der Waals surface area (Å²) in [6, 6.07) is 9.99. The number of halogens is 1. The van der Waals surface area contributed by atoms with Crippen molar-refractivity contribution < 1.29 is 9.32 Å². The summed E-state index contributed by atoms with van der Waals surface area (Å²) in [5.74, 6) is 1.67. The number of carbonyl (C=O) groups is 1. The summed E-state index contributed by atoms with van der Waals surface area (Å²) in [7, 11) is 1.83. The van der Waals surface area contributed by atoms with Crippen molar-refractivity contribution in [3.8, 4) is 0 Å². The minimum atomic E-state index is 0. The van der Waals surface area contributed by atoms with Crippen molar-refractivity contribution in [3.05, 3.63) is 52.9 Å². The van der Waals surface area contributed by atoms with Gasteiger partial charge in [0.2, 0.25) is 5.91 Å². The first kappa shape index (κ1) is 25.9. The van der Waals surface area contributed by atoms with Crippen LogP contribution in [-0.4, -0.2) is 42.1 Å². The molecule has 0 aliphatic rings. The molecule has 0 fully saturated rings. The maximum absolute atomic E-state index is 12.4. The molecule has 0 aliphatic carbocycles. The smallest absolute Gasteiger partial charge is 0.224 e. The van der Waals surface area contributed by atoms with Gasteiger partial charge in [0, 0.05) is 45.1 Å². The SMILES string of the molecule is CCNC(=NCc1c(CC)noc1CC)NCCC(=O)N(C)Cc1ccccc1.I. The van der Waals surface area contributed by atoms with Crippen LogP contribution in [0.1, 0.15) is 49.8 Å². The third kappa shape index (κ3) is 7.97. The second-order valence-corrected chi connectivity index (χ2v) is 6.85. The van der Waals surface area contributed by atoms with Crippen molar-refractivity contribution in [1.82, 2.24) is 20.7 Å². The van der Waals surface area contributed by atoms with Gasteiger partial charge in [-0.05, 0) is 18.9 Å². The molecule has 0 aliphatic heterocycles. The van der Waals surface area contributed by atoms with Gasteiger partial charge in [0.1, 0.15) is 5.76 Å².